The predicted molar refractivity (Wildman–Crippen MR) is 61.9 cm³/mol. The van der Waals surface area contributed by atoms with Crippen molar-refractivity contribution in [2.24, 2.45) is 7.05 Å². The highest BCUT2D eigenvalue weighted by Gasteiger charge is 2.19. The Balaban J connectivity index is 3.07. The van der Waals surface area contributed by atoms with Crippen LogP contribution in [0.25, 0.3) is 0 Å². The zero-order valence-corrected chi connectivity index (χ0v) is 10.5. The summed E-state index contributed by atoms with van der Waals surface area (Å²) in [6, 6.07) is 1.32. The molecule has 1 heterocycles. The minimum Gasteiger partial charge on any atom is -0.456 e. The van der Waals surface area contributed by atoms with E-state index in [-0.39, 0.29) is 16.1 Å². The molecule has 1 aromatic rings. The second kappa shape index (κ2) is 4.29. The van der Waals surface area contributed by atoms with Crippen molar-refractivity contribution in [3.8, 4) is 0 Å². The van der Waals surface area contributed by atoms with Crippen molar-refractivity contribution in [2.75, 3.05) is 0 Å². The van der Waals surface area contributed by atoms with Gasteiger partial charge in [0.1, 0.15) is 10.6 Å². The molecule has 0 atom stereocenters. The molecule has 0 aliphatic heterocycles. The number of esters is 1. The van der Waals surface area contributed by atoms with Crippen LogP contribution in [0.15, 0.2) is 17.1 Å². The van der Waals surface area contributed by atoms with Crippen molar-refractivity contribution in [1.82, 2.24) is 4.57 Å². The first-order valence-corrected chi connectivity index (χ1v) is 5.18. The van der Waals surface area contributed by atoms with E-state index in [0.717, 1.165) is 0 Å². The quantitative estimate of drug-likeness (QED) is 0.709. The summed E-state index contributed by atoms with van der Waals surface area (Å²) in [5, 5.41) is 0.00543. The summed E-state index contributed by atoms with van der Waals surface area (Å²) in [5.41, 5.74) is -0.644. The molecule has 0 amide bonds. The molecule has 0 spiro atoms. The smallest absolute Gasteiger partial charge is 0.340 e. The van der Waals surface area contributed by atoms with Crippen LogP contribution in [0.5, 0.6) is 0 Å². The summed E-state index contributed by atoms with van der Waals surface area (Å²) in [4.78, 5) is 23.0. The SMILES string of the molecule is Cn1cc(C(=O)OC(C)(C)C)cc(Cl)c1=O. The zero-order chi connectivity index (χ0) is 12.5. The topological polar surface area (TPSA) is 48.3 Å². The van der Waals surface area contributed by atoms with Crippen LogP contribution in [0.3, 0.4) is 0 Å². The molecule has 0 fully saturated rings. The lowest BCUT2D eigenvalue weighted by Crippen LogP contribution is -2.25. The Morgan fingerprint density at radius 1 is 1.44 bits per heavy atom. The highest BCUT2D eigenvalue weighted by Crippen LogP contribution is 2.13. The van der Waals surface area contributed by atoms with E-state index in [1.165, 1.54) is 23.9 Å². The second-order valence-corrected chi connectivity index (χ2v) is 4.90. The van der Waals surface area contributed by atoms with Crippen molar-refractivity contribution < 1.29 is 9.53 Å². The molecular weight excluding hydrogens is 230 g/mol. The van der Waals surface area contributed by atoms with E-state index < -0.39 is 11.6 Å². The largest absolute Gasteiger partial charge is 0.456 e. The van der Waals surface area contributed by atoms with Gasteiger partial charge in [-0.15, -0.1) is 0 Å². The number of carbonyl (C=O) groups excluding carboxylic acids is 1. The first-order valence-electron chi connectivity index (χ1n) is 4.80. The molecule has 0 saturated heterocycles. The second-order valence-electron chi connectivity index (χ2n) is 4.49. The standard InChI is InChI=1S/C11H14ClNO3/c1-11(2,3)16-10(15)7-5-8(12)9(14)13(4)6-7/h5-6H,1-4H3. The fraction of sp³-hybridized carbons (Fsp3) is 0.455. The van der Waals surface area contributed by atoms with Crippen molar-refractivity contribution in [1.29, 1.82) is 0 Å². The van der Waals surface area contributed by atoms with Crippen LogP contribution in [-0.2, 0) is 11.8 Å². The minimum absolute atomic E-state index is 0.00543. The van der Waals surface area contributed by atoms with Gasteiger partial charge in [-0.25, -0.2) is 4.79 Å². The van der Waals surface area contributed by atoms with Crippen molar-refractivity contribution in [3.05, 3.63) is 33.2 Å². The fourth-order valence-electron chi connectivity index (χ4n) is 1.12. The third-order valence-electron chi connectivity index (χ3n) is 1.77. The average molecular weight is 244 g/mol. The van der Waals surface area contributed by atoms with Gasteiger partial charge in [-0.05, 0) is 26.8 Å². The van der Waals surface area contributed by atoms with Gasteiger partial charge >= 0.3 is 5.97 Å². The van der Waals surface area contributed by atoms with E-state index in [1.807, 2.05) is 0 Å². The van der Waals surface area contributed by atoms with Crippen molar-refractivity contribution in [2.45, 2.75) is 26.4 Å². The minimum atomic E-state index is -0.571. The number of carbonyl (C=O) groups is 1. The van der Waals surface area contributed by atoms with Gasteiger partial charge in [0.25, 0.3) is 5.56 Å². The van der Waals surface area contributed by atoms with Gasteiger partial charge in [0.2, 0.25) is 0 Å². The predicted octanol–water partition coefficient (Wildman–Crippen LogP) is 1.99. The number of halogens is 1. The van der Waals surface area contributed by atoms with E-state index in [1.54, 1.807) is 20.8 Å². The normalized spacial score (nSPS) is 11.3. The molecule has 0 aliphatic carbocycles. The summed E-state index contributed by atoms with van der Waals surface area (Å²) < 4.78 is 6.41. The lowest BCUT2D eigenvalue weighted by molar-refractivity contribution is 0.00686. The molecule has 0 bridgehead atoms. The van der Waals surface area contributed by atoms with Crippen LogP contribution >= 0.6 is 11.6 Å². The Bertz CT molecular complexity index is 445. The number of hydrogen-bond donors (Lipinski definition) is 0. The van der Waals surface area contributed by atoms with Gasteiger partial charge in [-0.2, -0.15) is 0 Å². The molecular formula is C11H14ClNO3. The highest BCUT2D eigenvalue weighted by molar-refractivity contribution is 6.30. The van der Waals surface area contributed by atoms with Crippen LogP contribution in [-0.4, -0.2) is 16.1 Å². The number of nitrogens with zero attached hydrogens (tertiary/aromatic N) is 1. The maximum atomic E-state index is 11.7. The third kappa shape index (κ3) is 3.10. The van der Waals surface area contributed by atoms with Gasteiger partial charge < -0.3 is 9.30 Å². The summed E-state index contributed by atoms with van der Waals surface area (Å²) in [6.45, 7) is 5.32. The zero-order valence-electron chi connectivity index (χ0n) is 9.70. The Labute approximate surface area is 98.8 Å². The van der Waals surface area contributed by atoms with Gasteiger partial charge in [0.05, 0.1) is 5.56 Å². The van der Waals surface area contributed by atoms with Crippen LogP contribution in [0.2, 0.25) is 5.02 Å². The van der Waals surface area contributed by atoms with Crippen LogP contribution in [0, 0.1) is 0 Å². The molecule has 0 N–H and O–H groups in total. The van der Waals surface area contributed by atoms with Crippen molar-refractivity contribution >= 4 is 17.6 Å². The molecule has 0 unspecified atom stereocenters. The van der Waals surface area contributed by atoms with Gasteiger partial charge in [0, 0.05) is 13.2 Å². The Morgan fingerprint density at radius 2 is 2.00 bits per heavy atom. The number of aromatic nitrogens is 1. The highest BCUT2D eigenvalue weighted by atomic mass is 35.5. The summed E-state index contributed by atoms with van der Waals surface area (Å²) >= 11 is 5.69. The first-order chi connectivity index (χ1) is 7.20. The maximum absolute atomic E-state index is 11.7. The van der Waals surface area contributed by atoms with E-state index >= 15 is 0 Å². The van der Waals surface area contributed by atoms with Gasteiger partial charge in [0.15, 0.2) is 0 Å². The van der Waals surface area contributed by atoms with E-state index in [4.69, 9.17) is 16.3 Å². The molecule has 5 heteroatoms. The molecule has 1 rings (SSSR count). The maximum Gasteiger partial charge on any atom is 0.340 e. The van der Waals surface area contributed by atoms with E-state index in [0.29, 0.717) is 0 Å². The number of hydrogen-bond acceptors (Lipinski definition) is 3. The lowest BCUT2D eigenvalue weighted by atomic mass is 10.2. The molecule has 0 aliphatic rings. The number of aryl methyl sites for hydroxylation is 1. The molecule has 88 valence electrons. The number of pyridine rings is 1. The molecule has 0 saturated carbocycles. The van der Waals surface area contributed by atoms with E-state index in [9.17, 15) is 9.59 Å². The number of ether oxygens (including phenoxy) is 1. The summed E-state index contributed by atoms with van der Waals surface area (Å²) in [6.07, 6.45) is 1.41. The molecule has 16 heavy (non-hydrogen) atoms. The van der Waals surface area contributed by atoms with Crippen LogP contribution < -0.4 is 5.56 Å². The van der Waals surface area contributed by atoms with Gasteiger partial charge in [-0.1, -0.05) is 11.6 Å². The Morgan fingerprint density at radius 3 is 2.44 bits per heavy atom. The summed E-state index contributed by atoms with van der Waals surface area (Å²) in [5.74, 6) is -0.495. The van der Waals surface area contributed by atoms with Crippen molar-refractivity contribution in [3.63, 3.8) is 0 Å². The Kier molecular flexibility index (Phi) is 3.43. The molecule has 4 nitrogen and oxygen atoms in total. The average Bonchev–Trinajstić information content (AvgIpc) is 2.10. The Hall–Kier alpha value is -1.29. The number of rotatable bonds is 1. The molecule has 0 radical (unpaired) electrons. The first kappa shape index (κ1) is 12.8. The summed E-state index contributed by atoms with van der Waals surface area (Å²) in [7, 11) is 1.53. The molecule has 1 aromatic heterocycles. The fourth-order valence-corrected chi connectivity index (χ4v) is 1.37. The van der Waals surface area contributed by atoms with Gasteiger partial charge in [-0.3, -0.25) is 4.79 Å². The van der Waals surface area contributed by atoms with Crippen LogP contribution in [0.1, 0.15) is 31.1 Å². The monoisotopic (exact) mass is 243 g/mol. The van der Waals surface area contributed by atoms with E-state index in [2.05, 4.69) is 0 Å². The third-order valence-corrected chi connectivity index (χ3v) is 2.04. The lowest BCUT2D eigenvalue weighted by Gasteiger charge is -2.19. The molecule has 0 aromatic carbocycles. The van der Waals surface area contributed by atoms with Crippen LogP contribution in [0.4, 0.5) is 0 Å².